The van der Waals surface area contributed by atoms with Crippen molar-refractivity contribution in [2.75, 3.05) is 0 Å². The number of nitro groups is 1. The number of nitrogens with zero attached hydrogens (tertiary/aromatic N) is 3. The quantitative estimate of drug-likeness (QED) is 0.492. The highest BCUT2D eigenvalue weighted by molar-refractivity contribution is 5.91. The molecule has 1 aromatic heterocycles. The zero-order chi connectivity index (χ0) is 15.9. The molecule has 1 aliphatic carbocycles. The minimum Gasteiger partial charge on any atom is -0.331 e. The summed E-state index contributed by atoms with van der Waals surface area (Å²) in [5, 5.41) is 20.7. The van der Waals surface area contributed by atoms with Gasteiger partial charge in [-0.2, -0.15) is 5.26 Å². The maximum Gasteiger partial charge on any atom is 0.294 e. The molecule has 110 valence electrons. The van der Waals surface area contributed by atoms with Crippen LogP contribution < -0.4 is 0 Å². The van der Waals surface area contributed by atoms with Gasteiger partial charge in [-0.25, -0.2) is 0 Å². The highest BCUT2D eigenvalue weighted by Gasteiger charge is 2.44. The molecule has 1 aliphatic rings. The Bertz CT molecular complexity index is 867. The molecule has 1 fully saturated rings. The Morgan fingerprint density at radius 2 is 2.23 bits per heavy atom. The summed E-state index contributed by atoms with van der Waals surface area (Å²) in [4.78, 5) is 22.0. The van der Waals surface area contributed by atoms with Crippen molar-refractivity contribution < 1.29 is 9.72 Å². The van der Waals surface area contributed by atoms with Crippen LogP contribution in [0.25, 0.3) is 10.9 Å². The number of carbonyl (C=O) groups is 1. The van der Waals surface area contributed by atoms with Gasteiger partial charge in [-0.05, 0) is 44.0 Å². The van der Waals surface area contributed by atoms with E-state index in [1.165, 1.54) is 25.3 Å². The van der Waals surface area contributed by atoms with Crippen LogP contribution in [0, 0.1) is 21.4 Å². The second-order valence-corrected chi connectivity index (χ2v) is 5.53. The highest BCUT2D eigenvalue weighted by Crippen LogP contribution is 2.48. The predicted octanol–water partition coefficient (Wildman–Crippen LogP) is 3.06. The molecular formula is C16H13N3O3. The van der Waals surface area contributed by atoms with E-state index >= 15 is 0 Å². The van der Waals surface area contributed by atoms with Crippen LogP contribution in [0.5, 0.6) is 0 Å². The summed E-state index contributed by atoms with van der Waals surface area (Å²) < 4.78 is 1.85. The smallest absolute Gasteiger partial charge is 0.294 e. The average molecular weight is 295 g/mol. The van der Waals surface area contributed by atoms with Gasteiger partial charge in [-0.3, -0.25) is 14.9 Å². The lowest BCUT2D eigenvalue weighted by molar-refractivity contribution is -0.383. The lowest BCUT2D eigenvalue weighted by atomic mass is 10.1. The molecule has 1 aromatic carbocycles. The summed E-state index contributed by atoms with van der Waals surface area (Å²) in [6.07, 6.45) is 6.49. The van der Waals surface area contributed by atoms with Crippen LogP contribution in [0.3, 0.4) is 0 Å². The number of fused-ring (bicyclic) bond motifs is 1. The fraction of sp³-hybridized carbons (Fsp3) is 0.250. The van der Waals surface area contributed by atoms with Gasteiger partial charge < -0.3 is 4.57 Å². The zero-order valence-electron chi connectivity index (χ0n) is 11.9. The number of hydrogen-bond acceptors (Lipinski definition) is 4. The minimum absolute atomic E-state index is 0.0189. The van der Waals surface area contributed by atoms with E-state index in [1.54, 1.807) is 12.1 Å². The Kier molecular flexibility index (Phi) is 3.06. The molecular weight excluding hydrogens is 282 g/mol. The number of rotatable bonds is 4. The number of nitriles is 1. The topological polar surface area (TPSA) is 88.9 Å². The number of hydrogen-bond donors (Lipinski definition) is 0. The molecule has 22 heavy (non-hydrogen) atoms. The van der Waals surface area contributed by atoms with Crippen molar-refractivity contribution in [3.05, 3.63) is 52.2 Å². The molecule has 0 atom stereocenters. The number of ketones is 1. The van der Waals surface area contributed by atoms with E-state index in [4.69, 9.17) is 5.26 Å². The molecule has 6 nitrogen and oxygen atoms in total. The first-order valence-electron chi connectivity index (χ1n) is 6.87. The highest BCUT2D eigenvalue weighted by atomic mass is 16.6. The predicted molar refractivity (Wildman–Crippen MR) is 80.3 cm³/mol. The molecule has 2 aromatic rings. The molecule has 0 spiro atoms. The second kappa shape index (κ2) is 4.81. The average Bonchev–Trinajstić information content (AvgIpc) is 3.17. The number of carbonyl (C=O) groups excluding carboxylic acids is 1. The van der Waals surface area contributed by atoms with Gasteiger partial charge in [0.15, 0.2) is 5.78 Å². The van der Waals surface area contributed by atoms with E-state index in [0.717, 1.165) is 12.8 Å². The Morgan fingerprint density at radius 1 is 1.50 bits per heavy atom. The Morgan fingerprint density at radius 3 is 2.77 bits per heavy atom. The summed E-state index contributed by atoms with van der Waals surface area (Å²) in [6.45, 7) is 1.47. The molecule has 0 radical (unpaired) electrons. The fourth-order valence-corrected chi connectivity index (χ4v) is 2.68. The lowest BCUT2D eigenvalue weighted by Crippen LogP contribution is -2.13. The first-order chi connectivity index (χ1) is 10.5. The molecule has 6 heteroatoms. The van der Waals surface area contributed by atoms with Gasteiger partial charge in [0, 0.05) is 0 Å². The summed E-state index contributed by atoms with van der Waals surface area (Å²) >= 11 is 0. The number of allylic oxidation sites excluding steroid dienone is 2. The van der Waals surface area contributed by atoms with Gasteiger partial charge in [-0.15, -0.1) is 0 Å². The van der Waals surface area contributed by atoms with Gasteiger partial charge in [0.25, 0.3) is 5.69 Å². The number of benzene rings is 1. The van der Waals surface area contributed by atoms with Crippen LogP contribution in [-0.4, -0.2) is 15.3 Å². The first-order valence-corrected chi connectivity index (χ1v) is 6.87. The van der Waals surface area contributed by atoms with E-state index in [1.807, 2.05) is 16.7 Å². The molecule has 0 saturated heterocycles. The van der Waals surface area contributed by atoms with Crippen molar-refractivity contribution >= 4 is 22.4 Å². The Balaban J connectivity index is 2.21. The van der Waals surface area contributed by atoms with E-state index in [-0.39, 0.29) is 17.0 Å². The maximum atomic E-state index is 11.3. The SMILES string of the molecule is CC(=O)/C=C/C1(n2cc([N+](=O)[O-])c3cc(C#N)ccc32)CC1. The van der Waals surface area contributed by atoms with Crippen LogP contribution in [0.15, 0.2) is 36.5 Å². The van der Waals surface area contributed by atoms with Crippen molar-refractivity contribution in [3.63, 3.8) is 0 Å². The molecule has 0 bridgehead atoms. The first kappa shape index (κ1) is 14.0. The summed E-state index contributed by atoms with van der Waals surface area (Å²) in [7, 11) is 0. The van der Waals surface area contributed by atoms with Gasteiger partial charge in [-0.1, -0.05) is 6.08 Å². The van der Waals surface area contributed by atoms with Gasteiger partial charge in [0.1, 0.15) is 0 Å². The number of aromatic nitrogens is 1. The van der Waals surface area contributed by atoms with Crippen LogP contribution in [0.1, 0.15) is 25.3 Å². The standard InChI is InChI=1S/C16H13N3O3/c1-11(20)4-5-16(6-7-16)18-10-15(19(21)22)13-8-12(9-17)2-3-14(13)18/h2-5,8,10H,6-7H2,1H3/b5-4+. The Hall–Kier alpha value is -2.94. The maximum absolute atomic E-state index is 11.3. The van der Waals surface area contributed by atoms with E-state index < -0.39 is 4.92 Å². The second-order valence-electron chi connectivity index (χ2n) is 5.53. The van der Waals surface area contributed by atoms with Crippen molar-refractivity contribution in [3.8, 4) is 6.07 Å². The third-order valence-electron chi connectivity index (χ3n) is 3.98. The molecule has 0 aliphatic heterocycles. The van der Waals surface area contributed by atoms with Crippen LogP contribution >= 0.6 is 0 Å². The van der Waals surface area contributed by atoms with Crippen molar-refractivity contribution in [1.82, 2.24) is 4.57 Å². The van der Waals surface area contributed by atoms with Gasteiger partial charge >= 0.3 is 0 Å². The monoisotopic (exact) mass is 295 g/mol. The minimum atomic E-state index is -0.440. The lowest BCUT2D eigenvalue weighted by Gasteiger charge is -2.13. The fourth-order valence-electron chi connectivity index (χ4n) is 2.68. The van der Waals surface area contributed by atoms with Crippen molar-refractivity contribution in [2.24, 2.45) is 0 Å². The summed E-state index contributed by atoms with van der Waals surface area (Å²) in [5.41, 5.74) is 0.704. The van der Waals surface area contributed by atoms with E-state index in [2.05, 4.69) is 0 Å². The molecule has 1 heterocycles. The van der Waals surface area contributed by atoms with E-state index in [9.17, 15) is 14.9 Å². The van der Waals surface area contributed by atoms with Crippen molar-refractivity contribution in [1.29, 1.82) is 5.26 Å². The molecule has 0 amide bonds. The van der Waals surface area contributed by atoms with Crippen LogP contribution in [-0.2, 0) is 10.3 Å². The zero-order valence-corrected chi connectivity index (χ0v) is 11.9. The van der Waals surface area contributed by atoms with E-state index in [0.29, 0.717) is 16.5 Å². The third kappa shape index (κ3) is 2.17. The summed E-state index contributed by atoms with van der Waals surface area (Å²) in [6, 6.07) is 6.91. The molecule has 1 saturated carbocycles. The Labute approximate surface area is 126 Å². The van der Waals surface area contributed by atoms with Crippen LogP contribution in [0.4, 0.5) is 5.69 Å². The van der Waals surface area contributed by atoms with Crippen molar-refractivity contribution in [2.45, 2.75) is 25.3 Å². The van der Waals surface area contributed by atoms with Crippen LogP contribution in [0.2, 0.25) is 0 Å². The molecule has 0 N–H and O–H groups in total. The van der Waals surface area contributed by atoms with Gasteiger partial charge in [0.05, 0.1) is 39.2 Å². The van der Waals surface area contributed by atoms with Gasteiger partial charge in [0.2, 0.25) is 0 Å². The molecule has 3 rings (SSSR count). The molecule has 0 unspecified atom stereocenters. The summed E-state index contributed by atoms with van der Waals surface area (Å²) in [5.74, 6) is -0.0518. The third-order valence-corrected chi connectivity index (χ3v) is 3.98. The normalized spacial score (nSPS) is 15.8. The largest absolute Gasteiger partial charge is 0.331 e.